The summed E-state index contributed by atoms with van der Waals surface area (Å²) in [6.07, 6.45) is -4.00. The Morgan fingerprint density at radius 3 is 2.45 bits per heavy atom. The second kappa shape index (κ2) is 6.45. The summed E-state index contributed by atoms with van der Waals surface area (Å²) in [6, 6.07) is 2.01. The van der Waals surface area contributed by atoms with Gasteiger partial charge in [0.05, 0.1) is 22.3 Å². The van der Waals surface area contributed by atoms with Gasteiger partial charge in [-0.3, -0.25) is 4.79 Å². The molecule has 112 valence electrons. The third-order valence-corrected chi connectivity index (χ3v) is 2.93. The Bertz CT molecular complexity index is 489. The number of benzene rings is 1. The van der Waals surface area contributed by atoms with E-state index in [0.717, 1.165) is 18.2 Å². The van der Waals surface area contributed by atoms with Crippen LogP contribution in [-0.4, -0.2) is 11.9 Å². The Morgan fingerprint density at radius 1 is 1.40 bits per heavy atom. The van der Waals surface area contributed by atoms with Crippen molar-refractivity contribution in [2.45, 2.75) is 32.5 Å². The molecule has 1 aromatic carbocycles. The second-order valence-electron chi connectivity index (χ2n) is 4.92. The highest BCUT2D eigenvalue weighted by atomic mass is 35.5. The van der Waals surface area contributed by atoms with Crippen LogP contribution < -0.4 is 11.1 Å². The summed E-state index contributed by atoms with van der Waals surface area (Å²) in [6.45, 7) is 3.83. The molecule has 0 radical (unpaired) electrons. The van der Waals surface area contributed by atoms with Crippen LogP contribution in [0.3, 0.4) is 0 Å². The van der Waals surface area contributed by atoms with Crippen LogP contribution in [-0.2, 0) is 11.0 Å². The average molecular weight is 309 g/mol. The van der Waals surface area contributed by atoms with Crippen LogP contribution in [0.4, 0.5) is 18.9 Å². The quantitative estimate of drug-likeness (QED) is 0.891. The van der Waals surface area contributed by atoms with Gasteiger partial charge in [0.15, 0.2) is 0 Å². The monoisotopic (exact) mass is 308 g/mol. The fourth-order valence-corrected chi connectivity index (χ4v) is 1.86. The zero-order valence-electron chi connectivity index (χ0n) is 11.1. The number of hydrogen-bond acceptors (Lipinski definition) is 2. The molecule has 0 aliphatic carbocycles. The van der Waals surface area contributed by atoms with Crippen molar-refractivity contribution >= 4 is 23.2 Å². The Kier molecular flexibility index (Phi) is 5.42. The molecular weight excluding hydrogens is 293 g/mol. The first-order valence-corrected chi connectivity index (χ1v) is 6.42. The van der Waals surface area contributed by atoms with E-state index in [9.17, 15) is 18.0 Å². The van der Waals surface area contributed by atoms with Gasteiger partial charge in [0.25, 0.3) is 0 Å². The van der Waals surface area contributed by atoms with E-state index in [0.29, 0.717) is 6.42 Å². The molecule has 0 aliphatic rings. The maximum Gasteiger partial charge on any atom is 0.416 e. The average Bonchev–Trinajstić information content (AvgIpc) is 2.29. The van der Waals surface area contributed by atoms with E-state index >= 15 is 0 Å². The van der Waals surface area contributed by atoms with Crippen LogP contribution in [0.15, 0.2) is 18.2 Å². The van der Waals surface area contributed by atoms with Gasteiger partial charge in [0.2, 0.25) is 5.91 Å². The number of hydrogen-bond donors (Lipinski definition) is 2. The Balaban J connectivity index is 2.81. The number of nitrogens with two attached hydrogens (primary N) is 1. The summed E-state index contributed by atoms with van der Waals surface area (Å²) in [4.78, 5) is 11.8. The smallest absolute Gasteiger partial charge is 0.323 e. The van der Waals surface area contributed by atoms with Gasteiger partial charge in [0.1, 0.15) is 0 Å². The molecule has 1 amide bonds. The molecule has 3 N–H and O–H groups in total. The molecular formula is C13H16ClF3N2O. The second-order valence-corrected chi connectivity index (χ2v) is 5.32. The molecule has 0 aliphatic heterocycles. The van der Waals surface area contributed by atoms with Crippen LogP contribution >= 0.6 is 11.6 Å². The molecule has 7 heteroatoms. The van der Waals surface area contributed by atoms with Gasteiger partial charge in [-0.15, -0.1) is 0 Å². The number of halogens is 4. The minimum atomic E-state index is -4.47. The molecule has 1 aromatic rings. The van der Waals surface area contributed by atoms with Crippen molar-refractivity contribution in [3.63, 3.8) is 0 Å². The van der Waals surface area contributed by atoms with Crippen molar-refractivity contribution in [1.82, 2.24) is 0 Å². The molecule has 1 unspecified atom stereocenters. The van der Waals surface area contributed by atoms with E-state index in [-0.39, 0.29) is 16.6 Å². The highest BCUT2D eigenvalue weighted by molar-refractivity contribution is 6.33. The van der Waals surface area contributed by atoms with Gasteiger partial charge in [-0.05, 0) is 30.5 Å². The van der Waals surface area contributed by atoms with E-state index in [4.69, 9.17) is 17.3 Å². The zero-order valence-corrected chi connectivity index (χ0v) is 11.8. The fourth-order valence-electron chi connectivity index (χ4n) is 1.63. The predicted molar refractivity (Wildman–Crippen MR) is 72.5 cm³/mol. The van der Waals surface area contributed by atoms with Crippen molar-refractivity contribution in [3.05, 3.63) is 28.8 Å². The van der Waals surface area contributed by atoms with Crippen molar-refractivity contribution in [2.24, 2.45) is 11.7 Å². The molecule has 1 rings (SSSR count). The van der Waals surface area contributed by atoms with E-state index in [1.807, 2.05) is 13.8 Å². The summed E-state index contributed by atoms with van der Waals surface area (Å²) in [5, 5.41) is 2.25. The highest BCUT2D eigenvalue weighted by Gasteiger charge is 2.31. The molecule has 0 spiro atoms. The summed E-state index contributed by atoms with van der Waals surface area (Å²) >= 11 is 5.73. The third-order valence-electron chi connectivity index (χ3n) is 2.62. The molecule has 3 nitrogen and oxygen atoms in total. The molecule has 0 saturated heterocycles. The lowest BCUT2D eigenvalue weighted by Gasteiger charge is -2.15. The summed E-state index contributed by atoms with van der Waals surface area (Å²) in [5.41, 5.74) is 4.93. The van der Waals surface area contributed by atoms with Gasteiger partial charge >= 0.3 is 6.18 Å². The molecule has 0 bridgehead atoms. The maximum atomic E-state index is 12.5. The van der Waals surface area contributed by atoms with E-state index in [1.165, 1.54) is 0 Å². The molecule has 0 heterocycles. The van der Waals surface area contributed by atoms with E-state index in [2.05, 4.69) is 5.32 Å². The Hall–Kier alpha value is -1.27. The van der Waals surface area contributed by atoms with E-state index in [1.54, 1.807) is 0 Å². The highest BCUT2D eigenvalue weighted by Crippen LogP contribution is 2.33. The number of amides is 1. The van der Waals surface area contributed by atoms with Crippen LogP contribution in [0.5, 0.6) is 0 Å². The van der Waals surface area contributed by atoms with Gasteiger partial charge in [-0.25, -0.2) is 0 Å². The first kappa shape index (κ1) is 16.8. The molecule has 1 atom stereocenters. The number of alkyl halides is 3. The lowest BCUT2D eigenvalue weighted by atomic mass is 10.0. The van der Waals surface area contributed by atoms with Crippen molar-refractivity contribution in [3.8, 4) is 0 Å². The number of nitrogens with one attached hydrogen (secondary N) is 1. The first-order chi connectivity index (χ1) is 9.11. The number of anilines is 1. The SMILES string of the molecule is CC(C)CC(N)C(=O)Nc1ccc(C(F)(F)F)cc1Cl. The van der Waals surface area contributed by atoms with E-state index < -0.39 is 23.7 Å². The van der Waals surface area contributed by atoms with Crippen molar-refractivity contribution in [1.29, 1.82) is 0 Å². The third kappa shape index (κ3) is 4.68. The van der Waals surface area contributed by atoms with Crippen LogP contribution in [0.1, 0.15) is 25.8 Å². The minimum Gasteiger partial charge on any atom is -0.323 e. The lowest BCUT2D eigenvalue weighted by Crippen LogP contribution is -2.36. The normalized spacial score (nSPS) is 13.4. The predicted octanol–water partition coefficient (Wildman–Crippen LogP) is 3.67. The molecule has 0 saturated carbocycles. The number of carbonyl (C=O) groups excluding carboxylic acids is 1. The fraction of sp³-hybridized carbons (Fsp3) is 0.462. The summed E-state index contributed by atoms with van der Waals surface area (Å²) < 4.78 is 37.4. The summed E-state index contributed by atoms with van der Waals surface area (Å²) in [5.74, 6) is -0.237. The van der Waals surface area contributed by atoms with Gasteiger partial charge < -0.3 is 11.1 Å². The van der Waals surface area contributed by atoms with Crippen LogP contribution in [0.2, 0.25) is 5.02 Å². The first-order valence-electron chi connectivity index (χ1n) is 6.04. The molecule has 0 aromatic heterocycles. The Labute approximate surface area is 120 Å². The largest absolute Gasteiger partial charge is 0.416 e. The minimum absolute atomic E-state index is 0.115. The number of carbonyl (C=O) groups is 1. The Morgan fingerprint density at radius 2 is 2.00 bits per heavy atom. The van der Waals surface area contributed by atoms with Gasteiger partial charge in [-0.2, -0.15) is 13.2 Å². The molecule has 0 fully saturated rings. The standard InChI is InChI=1S/C13H16ClF3N2O/c1-7(2)5-10(18)12(20)19-11-4-3-8(6-9(11)14)13(15,16)17/h3-4,6-7,10H,5,18H2,1-2H3,(H,19,20). The number of rotatable bonds is 4. The summed E-state index contributed by atoms with van der Waals surface area (Å²) in [7, 11) is 0. The molecule has 20 heavy (non-hydrogen) atoms. The van der Waals surface area contributed by atoms with Gasteiger partial charge in [-0.1, -0.05) is 25.4 Å². The van der Waals surface area contributed by atoms with Gasteiger partial charge in [0, 0.05) is 0 Å². The van der Waals surface area contributed by atoms with Crippen molar-refractivity contribution < 1.29 is 18.0 Å². The lowest BCUT2D eigenvalue weighted by molar-refractivity contribution is -0.137. The van der Waals surface area contributed by atoms with Crippen molar-refractivity contribution in [2.75, 3.05) is 5.32 Å². The van der Waals surface area contributed by atoms with Crippen LogP contribution in [0, 0.1) is 5.92 Å². The zero-order chi connectivity index (χ0) is 15.5. The van der Waals surface area contributed by atoms with Crippen LogP contribution in [0.25, 0.3) is 0 Å². The maximum absolute atomic E-state index is 12.5. The topological polar surface area (TPSA) is 55.1 Å².